The highest BCUT2D eigenvalue weighted by molar-refractivity contribution is 7.15. The van der Waals surface area contributed by atoms with Crippen LogP contribution in [0.2, 0.25) is 0 Å². The lowest BCUT2D eigenvalue weighted by Crippen LogP contribution is -2.47. The molecule has 7 heteroatoms. The highest BCUT2D eigenvalue weighted by atomic mass is 32.1. The molecule has 0 aliphatic carbocycles. The van der Waals surface area contributed by atoms with Crippen LogP contribution in [-0.4, -0.2) is 60.0 Å². The summed E-state index contributed by atoms with van der Waals surface area (Å²) in [5.74, 6) is 1.23. The van der Waals surface area contributed by atoms with Gasteiger partial charge >= 0.3 is 0 Å². The third-order valence-corrected chi connectivity index (χ3v) is 7.64. The Morgan fingerprint density at radius 3 is 2.79 bits per heavy atom. The first-order chi connectivity index (χ1) is 14.1. The van der Waals surface area contributed by atoms with E-state index in [0.717, 1.165) is 69.6 Å². The van der Waals surface area contributed by atoms with Crippen LogP contribution in [0, 0.1) is 0 Å². The van der Waals surface area contributed by atoms with E-state index in [9.17, 15) is 4.79 Å². The smallest absolute Gasteiger partial charge is 0.219 e. The number of benzene rings is 1. The van der Waals surface area contributed by atoms with Gasteiger partial charge in [0.05, 0.1) is 18.8 Å². The van der Waals surface area contributed by atoms with Crippen molar-refractivity contribution in [2.45, 2.75) is 39.3 Å². The lowest BCUT2D eigenvalue weighted by atomic mass is 10.0. The number of nitrogens with zero attached hydrogens (tertiary/aromatic N) is 4. The molecule has 29 heavy (non-hydrogen) atoms. The maximum absolute atomic E-state index is 11.7. The fourth-order valence-electron chi connectivity index (χ4n) is 4.54. The maximum Gasteiger partial charge on any atom is 0.219 e. The van der Waals surface area contributed by atoms with Crippen LogP contribution in [0.1, 0.15) is 41.6 Å². The predicted octanol–water partition coefficient (Wildman–Crippen LogP) is 2.87. The molecule has 3 aliphatic heterocycles. The summed E-state index contributed by atoms with van der Waals surface area (Å²) in [6.45, 7) is 10.3. The zero-order valence-corrected chi connectivity index (χ0v) is 18.0. The van der Waals surface area contributed by atoms with Crippen LogP contribution < -0.4 is 9.64 Å². The molecule has 1 aromatic carbocycles. The maximum atomic E-state index is 11.7. The minimum absolute atomic E-state index is 0.158. The highest BCUT2D eigenvalue weighted by Gasteiger charge is 2.27. The number of fused-ring (bicyclic) bond motifs is 2. The van der Waals surface area contributed by atoms with E-state index in [-0.39, 0.29) is 5.91 Å². The summed E-state index contributed by atoms with van der Waals surface area (Å²) in [5.41, 5.74) is 3.87. The third-order valence-electron chi connectivity index (χ3n) is 6.50. The Kier molecular flexibility index (Phi) is 4.95. The van der Waals surface area contributed by atoms with Crippen molar-refractivity contribution < 1.29 is 9.53 Å². The molecule has 3 aliphatic rings. The molecule has 1 fully saturated rings. The number of piperazine rings is 1. The van der Waals surface area contributed by atoms with Crippen molar-refractivity contribution in [3.63, 3.8) is 0 Å². The van der Waals surface area contributed by atoms with Crippen LogP contribution in [0.25, 0.3) is 0 Å². The lowest BCUT2D eigenvalue weighted by molar-refractivity contribution is -0.129. The number of rotatable bonds is 3. The van der Waals surface area contributed by atoms with Crippen LogP contribution >= 0.6 is 11.3 Å². The molecule has 1 atom stereocenters. The number of ether oxygens (including phenoxy) is 1. The monoisotopic (exact) mass is 412 g/mol. The normalized spacial score (nSPS) is 20.2. The van der Waals surface area contributed by atoms with Gasteiger partial charge in [-0.3, -0.25) is 9.69 Å². The number of aromatic nitrogens is 1. The second-order valence-corrected chi connectivity index (χ2v) is 9.28. The van der Waals surface area contributed by atoms with Gasteiger partial charge in [-0.25, -0.2) is 4.98 Å². The molecule has 2 aromatic rings. The van der Waals surface area contributed by atoms with E-state index in [1.165, 1.54) is 21.7 Å². The van der Waals surface area contributed by atoms with Crippen molar-refractivity contribution in [3.8, 4) is 5.75 Å². The number of hydrogen-bond acceptors (Lipinski definition) is 6. The predicted molar refractivity (Wildman–Crippen MR) is 115 cm³/mol. The summed E-state index contributed by atoms with van der Waals surface area (Å²) in [4.78, 5) is 24.7. The largest absolute Gasteiger partial charge is 0.493 e. The Hall–Kier alpha value is -2.12. The average Bonchev–Trinajstić information content (AvgIpc) is 3.38. The Labute approximate surface area is 176 Å². The molecular formula is C22H28N4O2S. The molecule has 0 spiro atoms. The van der Waals surface area contributed by atoms with Gasteiger partial charge in [-0.05, 0) is 24.1 Å². The van der Waals surface area contributed by atoms with Crippen molar-refractivity contribution >= 4 is 22.4 Å². The van der Waals surface area contributed by atoms with E-state index in [0.29, 0.717) is 6.04 Å². The Morgan fingerprint density at radius 2 is 2.00 bits per heavy atom. The first kappa shape index (κ1) is 18.9. The molecule has 0 bridgehead atoms. The number of anilines is 1. The fourth-order valence-corrected chi connectivity index (χ4v) is 5.71. The van der Waals surface area contributed by atoms with Gasteiger partial charge in [0, 0.05) is 63.4 Å². The second kappa shape index (κ2) is 7.61. The van der Waals surface area contributed by atoms with Crippen LogP contribution in [0.3, 0.4) is 0 Å². The summed E-state index contributed by atoms with van der Waals surface area (Å²) in [7, 11) is 0. The van der Waals surface area contributed by atoms with Gasteiger partial charge in [-0.15, -0.1) is 0 Å². The lowest BCUT2D eigenvalue weighted by Gasteiger charge is -2.38. The van der Waals surface area contributed by atoms with Crippen LogP contribution in [0.5, 0.6) is 5.75 Å². The molecule has 1 aromatic heterocycles. The van der Waals surface area contributed by atoms with Gasteiger partial charge < -0.3 is 14.5 Å². The summed E-state index contributed by atoms with van der Waals surface area (Å²) < 4.78 is 5.76. The zero-order chi connectivity index (χ0) is 20.0. The molecule has 0 radical (unpaired) electrons. The minimum atomic E-state index is 0.158. The van der Waals surface area contributed by atoms with E-state index >= 15 is 0 Å². The van der Waals surface area contributed by atoms with Crippen LogP contribution in [-0.2, 0) is 24.2 Å². The van der Waals surface area contributed by atoms with Crippen LogP contribution in [0.4, 0.5) is 5.13 Å². The highest BCUT2D eigenvalue weighted by Crippen LogP contribution is 2.33. The standard InChI is InChI=1S/C22H28N4O2S/c1-15(18-4-3-17-6-12-28-20(17)13-18)24-8-10-25(11-9-24)22-23-19-5-7-26(16(2)27)14-21(19)29-22/h3-4,13,15H,5-12,14H2,1-2H3. The van der Waals surface area contributed by atoms with E-state index in [4.69, 9.17) is 9.72 Å². The van der Waals surface area contributed by atoms with Crippen molar-refractivity contribution in [2.75, 3.05) is 44.2 Å². The summed E-state index contributed by atoms with van der Waals surface area (Å²) >= 11 is 1.77. The molecule has 4 heterocycles. The van der Waals surface area contributed by atoms with Gasteiger partial charge in [0.1, 0.15) is 5.75 Å². The summed E-state index contributed by atoms with van der Waals surface area (Å²) in [6.07, 6.45) is 1.91. The topological polar surface area (TPSA) is 48.9 Å². The Morgan fingerprint density at radius 1 is 1.17 bits per heavy atom. The van der Waals surface area contributed by atoms with Gasteiger partial charge in [0.25, 0.3) is 0 Å². The molecule has 5 rings (SSSR count). The SMILES string of the molecule is CC(=O)N1CCc2nc(N3CCN(C(C)c4ccc5c(c4)OCC5)CC3)sc2C1. The molecular weight excluding hydrogens is 384 g/mol. The molecule has 1 saturated heterocycles. The van der Waals surface area contributed by atoms with Crippen molar-refractivity contribution in [3.05, 3.63) is 39.9 Å². The van der Waals surface area contributed by atoms with E-state index in [1.807, 2.05) is 4.90 Å². The van der Waals surface area contributed by atoms with Gasteiger partial charge in [0.2, 0.25) is 5.91 Å². The van der Waals surface area contributed by atoms with Crippen molar-refractivity contribution in [2.24, 2.45) is 0 Å². The molecule has 1 unspecified atom stereocenters. The molecule has 0 saturated carbocycles. The van der Waals surface area contributed by atoms with Gasteiger partial charge in [-0.2, -0.15) is 0 Å². The minimum Gasteiger partial charge on any atom is -0.493 e. The van der Waals surface area contributed by atoms with E-state index < -0.39 is 0 Å². The number of carbonyl (C=O) groups is 1. The van der Waals surface area contributed by atoms with E-state index in [2.05, 4.69) is 34.9 Å². The number of amides is 1. The quantitative estimate of drug-likeness (QED) is 0.776. The zero-order valence-electron chi connectivity index (χ0n) is 17.2. The number of hydrogen-bond donors (Lipinski definition) is 0. The Balaban J connectivity index is 1.22. The summed E-state index contributed by atoms with van der Waals surface area (Å²) in [5, 5.41) is 1.12. The van der Waals surface area contributed by atoms with Gasteiger partial charge in [-0.1, -0.05) is 23.5 Å². The van der Waals surface area contributed by atoms with Crippen molar-refractivity contribution in [1.29, 1.82) is 0 Å². The Bertz CT molecular complexity index is 920. The molecule has 0 N–H and O–H groups in total. The van der Waals surface area contributed by atoms with E-state index in [1.54, 1.807) is 18.3 Å². The van der Waals surface area contributed by atoms with Crippen molar-refractivity contribution in [1.82, 2.24) is 14.8 Å². The van der Waals surface area contributed by atoms with Crippen LogP contribution in [0.15, 0.2) is 18.2 Å². The molecule has 154 valence electrons. The first-order valence-electron chi connectivity index (χ1n) is 10.6. The third kappa shape index (κ3) is 3.62. The average molecular weight is 413 g/mol. The first-order valence-corrected chi connectivity index (χ1v) is 11.4. The number of carbonyl (C=O) groups excluding carboxylic acids is 1. The van der Waals surface area contributed by atoms with Gasteiger partial charge in [0.15, 0.2) is 5.13 Å². The molecule has 6 nitrogen and oxygen atoms in total. The summed E-state index contributed by atoms with van der Waals surface area (Å²) in [6, 6.07) is 7.12. The molecule has 1 amide bonds. The fraction of sp³-hybridized carbons (Fsp3) is 0.545. The second-order valence-electron chi connectivity index (χ2n) is 8.22. The number of thiazole rings is 1.